The van der Waals surface area contributed by atoms with Crippen LogP contribution in [0.15, 0.2) is 48.5 Å². The molecule has 0 atom stereocenters. The van der Waals surface area contributed by atoms with Gasteiger partial charge in [0.2, 0.25) is 0 Å². The molecule has 0 unspecified atom stereocenters. The molecule has 0 spiro atoms. The molecule has 0 saturated carbocycles. The molecule has 2 aromatic rings. The van der Waals surface area contributed by atoms with Crippen molar-refractivity contribution in [1.29, 1.82) is 0 Å². The van der Waals surface area contributed by atoms with E-state index in [-0.39, 0.29) is 12.2 Å². The Morgan fingerprint density at radius 2 is 1.46 bits per heavy atom. The Balaban J connectivity index is 1.89. The van der Waals surface area contributed by atoms with Gasteiger partial charge in [-0.1, -0.05) is 12.1 Å². The van der Waals surface area contributed by atoms with Crippen LogP contribution in [0.4, 0.5) is 23.2 Å². The number of nitrogens with one attached hydrogen (secondary N) is 2. The summed E-state index contributed by atoms with van der Waals surface area (Å²) >= 11 is 0. The van der Waals surface area contributed by atoms with Gasteiger partial charge in [0.15, 0.2) is 0 Å². The van der Waals surface area contributed by atoms with Crippen molar-refractivity contribution in [3.63, 3.8) is 0 Å². The van der Waals surface area contributed by atoms with Crippen LogP contribution in [-0.2, 0) is 22.3 Å². The molecule has 2 amide bonds. The molecule has 0 aromatic heterocycles. The van der Waals surface area contributed by atoms with E-state index >= 15 is 0 Å². The number of halogens is 4. The van der Waals surface area contributed by atoms with Gasteiger partial charge in [0.05, 0.1) is 5.56 Å². The Morgan fingerprint density at radius 3 is 2.00 bits per heavy atom. The zero-order valence-electron chi connectivity index (χ0n) is 12.2. The lowest BCUT2D eigenvalue weighted by Crippen LogP contribution is -2.34. The molecule has 126 valence electrons. The SMILES string of the molecule is O=C(NCc1ccc(F)cc1)C(=O)Nc1ccc(C(F)(F)F)cc1. The van der Waals surface area contributed by atoms with Crippen molar-refractivity contribution in [3.8, 4) is 0 Å². The molecule has 8 heteroatoms. The third kappa shape index (κ3) is 4.80. The Bertz CT molecular complexity index is 725. The van der Waals surface area contributed by atoms with Crippen LogP contribution in [0.25, 0.3) is 0 Å². The average Bonchev–Trinajstić information content (AvgIpc) is 2.53. The van der Waals surface area contributed by atoms with Crippen LogP contribution >= 0.6 is 0 Å². The summed E-state index contributed by atoms with van der Waals surface area (Å²) in [6, 6.07) is 9.01. The van der Waals surface area contributed by atoms with Crippen molar-refractivity contribution in [2.75, 3.05) is 5.32 Å². The molecule has 0 bridgehead atoms. The predicted molar refractivity (Wildman–Crippen MR) is 78.3 cm³/mol. The number of carbonyl (C=O) groups excluding carboxylic acids is 2. The van der Waals surface area contributed by atoms with Crippen LogP contribution in [0.2, 0.25) is 0 Å². The van der Waals surface area contributed by atoms with Gasteiger partial charge in [0.1, 0.15) is 5.82 Å². The van der Waals surface area contributed by atoms with Crippen molar-refractivity contribution in [2.45, 2.75) is 12.7 Å². The molecular weight excluding hydrogens is 328 g/mol. The number of hydrogen-bond acceptors (Lipinski definition) is 2. The van der Waals surface area contributed by atoms with Gasteiger partial charge < -0.3 is 10.6 Å². The predicted octanol–water partition coefficient (Wildman–Crippen LogP) is 3.10. The second-order valence-electron chi connectivity index (χ2n) is 4.84. The zero-order chi connectivity index (χ0) is 17.7. The van der Waals surface area contributed by atoms with Crippen LogP contribution < -0.4 is 10.6 Å². The molecule has 2 rings (SSSR count). The minimum absolute atomic E-state index is 0.0134. The van der Waals surface area contributed by atoms with Crippen LogP contribution in [0, 0.1) is 5.82 Å². The van der Waals surface area contributed by atoms with Crippen LogP contribution in [0.5, 0.6) is 0 Å². The monoisotopic (exact) mass is 340 g/mol. The number of anilines is 1. The fourth-order valence-corrected chi connectivity index (χ4v) is 1.80. The second kappa shape index (κ2) is 7.12. The van der Waals surface area contributed by atoms with Crippen molar-refractivity contribution < 1.29 is 27.2 Å². The molecule has 0 saturated heterocycles. The van der Waals surface area contributed by atoms with Crippen LogP contribution in [0.1, 0.15) is 11.1 Å². The lowest BCUT2D eigenvalue weighted by atomic mass is 10.2. The molecule has 2 N–H and O–H groups in total. The largest absolute Gasteiger partial charge is 0.416 e. The van der Waals surface area contributed by atoms with Gasteiger partial charge in [-0.25, -0.2) is 4.39 Å². The van der Waals surface area contributed by atoms with E-state index in [9.17, 15) is 27.2 Å². The Morgan fingerprint density at radius 1 is 0.875 bits per heavy atom. The normalized spacial score (nSPS) is 11.0. The van der Waals surface area contributed by atoms with E-state index in [2.05, 4.69) is 10.6 Å². The highest BCUT2D eigenvalue weighted by molar-refractivity contribution is 6.39. The fourth-order valence-electron chi connectivity index (χ4n) is 1.80. The summed E-state index contributed by atoms with van der Waals surface area (Å²) in [6.45, 7) is 0.0134. The summed E-state index contributed by atoms with van der Waals surface area (Å²) in [5, 5.41) is 4.51. The van der Waals surface area contributed by atoms with Crippen molar-refractivity contribution >= 4 is 17.5 Å². The Kier molecular flexibility index (Phi) is 5.18. The highest BCUT2D eigenvalue weighted by Crippen LogP contribution is 2.29. The lowest BCUT2D eigenvalue weighted by Gasteiger charge is -2.09. The molecule has 2 aromatic carbocycles. The molecule has 24 heavy (non-hydrogen) atoms. The number of rotatable bonds is 3. The van der Waals surface area contributed by atoms with E-state index in [4.69, 9.17) is 0 Å². The zero-order valence-corrected chi connectivity index (χ0v) is 12.2. The number of hydrogen-bond donors (Lipinski definition) is 2. The van der Waals surface area contributed by atoms with Crippen LogP contribution in [-0.4, -0.2) is 11.8 Å². The first-order valence-corrected chi connectivity index (χ1v) is 6.76. The van der Waals surface area contributed by atoms with Gasteiger partial charge in [-0.05, 0) is 42.0 Å². The topological polar surface area (TPSA) is 58.2 Å². The van der Waals surface area contributed by atoms with Gasteiger partial charge in [0, 0.05) is 12.2 Å². The smallest absolute Gasteiger partial charge is 0.344 e. The van der Waals surface area contributed by atoms with E-state index in [0.29, 0.717) is 5.56 Å². The van der Waals surface area contributed by atoms with Gasteiger partial charge >= 0.3 is 18.0 Å². The van der Waals surface area contributed by atoms with Crippen molar-refractivity contribution in [2.24, 2.45) is 0 Å². The summed E-state index contributed by atoms with van der Waals surface area (Å²) in [5.41, 5.74) is -0.210. The van der Waals surface area contributed by atoms with Crippen LogP contribution in [0.3, 0.4) is 0 Å². The van der Waals surface area contributed by atoms with Crippen molar-refractivity contribution in [1.82, 2.24) is 5.32 Å². The van der Waals surface area contributed by atoms with Gasteiger partial charge in [0.25, 0.3) is 0 Å². The van der Waals surface area contributed by atoms with E-state index in [1.165, 1.54) is 24.3 Å². The fraction of sp³-hybridized carbons (Fsp3) is 0.125. The molecule has 0 radical (unpaired) electrons. The average molecular weight is 340 g/mol. The maximum atomic E-state index is 12.7. The van der Waals surface area contributed by atoms with E-state index < -0.39 is 29.4 Å². The maximum absolute atomic E-state index is 12.7. The van der Waals surface area contributed by atoms with E-state index in [0.717, 1.165) is 24.3 Å². The van der Waals surface area contributed by atoms with Gasteiger partial charge in [-0.3, -0.25) is 9.59 Å². The molecule has 0 aliphatic heterocycles. The quantitative estimate of drug-likeness (QED) is 0.666. The molecule has 0 fully saturated rings. The lowest BCUT2D eigenvalue weighted by molar-refractivity contribution is -0.137. The molecular formula is C16H12F4N2O2. The van der Waals surface area contributed by atoms with E-state index in [1.54, 1.807) is 0 Å². The minimum Gasteiger partial charge on any atom is -0.344 e. The van der Waals surface area contributed by atoms with Gasteiger partial charge in [-0.15, -0.1) is 0 Å². The van der Waals surface area contributed by atoms with E-state index in [1.807, 2.05) is 0 Å². The number of alkyl halides is 3. The van der Waals surface area contributed by atoms with Crippen molar-refractivity contribution in [3.05, 3.63) is 65.5 Å². The number of amides is 2. The molecule has 0 aliphatic carbocycles. The standard InChI is InChI=1S/C16H12F4N2O2/c17-12-5-1-10(2-6-12)9-21-14(23)15(24)22-13-7-3-11(4-8-13)16(18,19)20/h1-8H,9H2,(H,21,23)(H,22,24). The minimum atomic E-state index is -4.48. The number of carbonyl (C=O) groups is 2. The third-order valence-corrected chi connectivity index (χ3v) is 3.04. The highest BCUT2D eigenvalue weighted by atomic mass is 19.4. The summed E-state index contributed by atoms with van der Waals surface area (Å²) < 4.78 is 50.0. The number of benzene rings is 2. The second-order valence-corrected chi connectivity index (χ2v) is 4.84. The summed E-state index contributed by atoms with van der Waals surface area (Å²) in [4.78, 5) is 23.3. The Hall–Kier alpha value is -2.90. The Labute approximate surface area is 134 Å². The first-order valence-electron chi connectivity index (χ1n) is 6.76. The van der Waals surface area contributed by atoms with Gasteiger partial charge in [-0.2, -0.15) is 13.2 Å². The summed E-state index contributed by atoms with van der Waals surface area (Å²) in [6.07, 6.45) is -4.48. The molecule has 4 nitrogen and oxygen atoms in total. The summed E-state index contributed by atoms with van der Waals surface area (Å²) in [5.74, 6) is -2.40. The molecule has 0 aliphatic rings. The highest BCUT2D eigenvalue weighted by Gasteiger charge is 2.30. The first kappa shape index (κ1) is 17.5. The third-order valence-electron chi connectivity index (χ3n) is 3.04. The first-order chi connectivity index (χ1) is 11.3. The summed E-state index contributed by atoms with van der Waals surface area (Å²) in [7, 11) is 0. The maximum Gasteiger partial charge on any atom is 0.416 e. The molecule has 0 heterocycles.